The number of nitrogens with two attached hydrogens (primary N) is 1. The lowest BCUT2D eigenvalue weighted by atomic mass is 10.2. The molecule has 2 amide bonds. The van der Waals surface area contributed by atoms with E-state index in [1.165, 1.54) is 50.2 Å². The van der Waals surface area contributed by atoms with Crippen LogP contribution < -0.4 is 15.8 Å². The number of anilines is 1. The van der Waals surface area contributed by atoms with Gasteiger partial charge in [-0.3, -0.25) is 24.4 Å². The minimum absolute atomic E-state index is 0.155. The van der Waals surface area contributed by atoms with Gasteiger partial charge in [0.05, 0.1) is 9.82 Å². The third kappa shape index (κ3) is 4.82. The maximum Gasteiger partial charge on any atom is 0.273 e. The van der Waals surface area contributed by atoms with Crippen LogP contribution in [-0.2, 0) is 14.8 Å². The average molecular weight is 406 g/mol. The number of nitro groups is 1. The predicted octanol–water partition coefficient (Wildman–Crippen LogP) is 1.31. The number of nitrogens with zero attached hydrogens (tertiary/aromatic N) is 1. The molecule has 0 radical (unpaired) electrons. The fourth-order valence-corrected chi connectivity index (χ4v) is 3.29. The minimum atomic E-state index is -4.07. The van der Waals surface area contributed by atoms with Crippen LogP contribution in [-0.4, -0.2) is 31.2 Å². The van der Waals surface area contributed by atoms with Crippen molar-refractivity contribution in [2.24, 2.45) is 5.73 Å². The average Bonchev–Trinajstić information content (AvgIpc) is 2.61. The molecule has 0 saturated carbocycles. The monoisotopic (exact) mass is 406 g/mol. The first-order valence-electron chi connectivity index (χ1n) is 7.99. The Hall–Kier alpha value is -3.47. The normalized spacial score (nSPS) is 12.1. The predicted molar refractivity (Wildman–Crippen MR) is 101 cm³/mol. The summed E-state index contributed by atoms with van der Waals surface area (Å²) in [5, 5.41) is 13.4. The molecule has 0 unspecified atom stereocenters. The van der Waals surface area contributed by atoms with Gasteiger partial charge in [-0.2, -0.15) is 0 Å². The van der Waals surface area contributed by atoms with Gasteiger partial charge >= 0.3 is 0 Å². The quantitative estimate of drug-likeness (QED) is 0.464. The van der Waals surface area contributed by atoms with Crippen LogP contribution in [0.25, 0.3) is 0 Å². The Morgan fingerprint density at radius 3 is 2.29 bits per heavy atom. The number of hydrogen-bond acceptors (Lipinski definition) is 6. The first kappa shape index (κ1) is 20.8. The van der Waals surface area contributed by atoms with E-state index >= 15 is 0 Å². The molecular formula is C17H18N4O6S. The Bertz CT molecular complexity index is 1030. The second kappa shape index (κ2) is 8.05. The highest BCUT2D eigenvalue weighted by atomic mass is 32.2. The van der Waals surface area contributed by atoms with Gasteiger partial charge in [0.1, 0.15) is 6.04 Å². The fourth-order valence-electron chi connectivity index (χ4n) is 2.21. The second-order valence-electron chi connectivity index (χ2n) is 5.99. The molecule has 2 aromatic rings. The number of benzene rings is 2. The SMILES string of the molecule is Cc1ccc(S(=O)(=O)Nc2ccc(C(=O)N[C@@H](C)C(N)=O)cc2)cc1[N+](=O)[O-]. The Labute approximate surface area is 160 Å². The van der Waals surface area contributed by atoms with Gasteiger partial charge in [0, 0.05) is 22.9 Å². The molecule has 2 rings (SSSR count). The second-order valence-corrected chi connectivity index (χ2v) is 7.67. The molecule has 0 aliphatic carbocycles. The third-order valence-electron chi connectivity index (χ3n) is 3.86. The Morgan fingerprint density at radius 2 is 1.75 bits per heavy atom. The maximum atomic E-state index is 12.5. The van der Waals surface area contributed by atoms with Crippen molar-refractivity contribution in [1.29, 1.82) is 0 Å². The van der Waals surface area contributed by atoms with Crippen molar-refractivity contribution >= 4 is 33.2 Å². The topological polar surface area (TPSA) is 162 Å². The summed E-state index contributed by atoms with van der Waals surface area (Å²) >= 11 is 0. The van der Waals surface area contributed by atoms with Gasteiger partial charge in [-0.05, 0) is 44.2 Å². The van der Waals surface area contributed by atoms with Crippen LogP contribution in [0.4, 0.5) is 11.4 Å². The molecule has 148 valence electrons. The van der Waals surface area contributed by atoms with E-state index < -0.39 is 32.8 Å². The summed E-state index contributed by atoms with van der Waals surface area (Å²) < 4.78 is 27.2. The fraction of sp³-hybridized carbons (Fsp3) is 0.176. The van der Waals surface area contributed by atoms with Gasteiger partial charge in [-0.15, -0.1) is 0 Å². The van der Waals surface area contributed by atoms with Gasteiger partial charge in [0.15, 0.2) is 0 Å². The number of carbonyl (C=O) groups is 2. The number of sulfonamides is 1. The van der Waals surface area contributed by atoms with Crippen LogP contribution in [0.2, 0.25) is 0 Å². The molecular weight excluding hydrogens is 388 g/mol. The van der Waals surface area contributed by atoms with E-state index in [2.05, 4.69) is 10.0 Å². The van der Waals surface area contributed by atoms with Gasteiger partial charge in [0.25, 0.3) is 21.6 Å². The van der Waals surface area contributed by atoms with Crippen LogP contribution in [0.1, 0.15) is 22.8 Å². The van der Waals surface area contributed by atoms with Crippen molar-refractivity contribution in [2.45, 2.75) is 24.8 Å². The maximum absolute atomic E-state index is 12.5. The van der Waals surface area contributed by atoms with Crippen molar-refractivity contribution in [2.75, 3.05) is 4.72 Å². The van der Waals surface area contributed by atoms with Crippen molar-refractivity contribution in [3.8, 4) is 0 Å². The van der Waals surface area contributed by atoms with E-state index in [1.807, 2.05) is 0 Å². The number of hydrogen-bond donors (Lipinski definition) is 3. The zero-order chi connectivity index (χ0) is 21.1. The lowest BCUT2D eigenvalue weighted by Crippen LogP contribution is -2.42. The molecule has 11 heteroatoms. The number of nitrogens with one attached hydrogen (secondary N) is 2. The van der Waals surface area contributed by atoms with Crippen LogP contribution in [0.3, 0.4) is 0 Å². The molecule has 1 atom stereocenters. The molecule has 0 aliphatic rings. The lowest BCUT2D eigenvalue weighted by molar-refractivity contribution is -0.385. The number of rotatable bonds is 7. The smallest absolute Gasteiger partial charge is 0.273 e. The number of nitro benzene ring substituents is 1. The summed E-state index contributed by atoms with van der Waals surface area (Å²) in [4.78, 5) is 33.1. The summed E-state index contributed by atoms with van der Waals surface area (Å²) in [6, 6.07) is 8.15. The summed E-state index contributed by atoms with van der Waals surface area (Å²) in [7, 11) is -4.07. The van der Waals surface area contributed by atoms with E-state index in [0.717, 1.165) is 6.07 Å². The molecule has 0 fully saturated rings. The molecule has 0 saturated heterocycles. The minimum Gasteiger partial charge on any atom is -0.368 e. The van der Waals surface area contributed by atoms with E-state index in [0.29, 0.717) is 5.56 Å². The highest BCUT2D eigenvalue weighted by Gasteiger charge is 2.20. The number of aryl methyl sites for hydroxylation is 1. The zero-order valence-electron chi connectivity index (χ0n) is 15.0. The molecule has 2 aromatic carbocycles. The standard InChI is InChI=1S/C17H18N4O6S/c1-10-3-8-14(9-15(10)21(24)25)28(26,27)20-13-6-4-12(5-7-13)17(23)19-11(2)16(18)22/h3-9,11,20H,1-2H3,(H2,18,22)(H,19,23)/t11-/m0/s1. The van der Waals surface area contributed by atoms with Crippen LogP contribution >= 0.6 is 0 Å². The highest BCUT2D eigenvalue weighted by Crippen LogP contribution is 2.24. The first-order chi connectivity index (χ1) is 13.0. The summed E-state index contributed by atoms with van der Waals surface area (Å²) in [6.45, 7) is 2.94. The lowest BCUT2D eigenvalue weighted by Gasteiger charge is -2.11. The van der Waals surface area contributed by atoms with Gasteiger partial charge in [-0.1, -0.05) is 6.07 Å². The number of amides is 2. The van der Waals surface area contributed by atoms with Crippen LogP contribution in [0.15, 0.2) is 47.4 Å². The molecule has 28 heavy (non-hydrogen) atoms. The first-order valence-corrected chi connectivity index (χ1v) is 9.47. The molecule has 0 spiro atoms. The molecule has 0 aliphatic heterocycles. The van der Waals surface area contributed by atoms with Crippen molar-refractivity contribution < 1.29 is 22.9 Å². The van der Waals surface area contributed by atoms with Gasteiger partial charge in [-0.25, -0.2) is 8.42 Å². The third-order valence-corrected chi connectivity index (χ3v) is 5.24. The van der Waals surface area contributed by atoms with E-state index in [-0.39, 0.29) is 21.8 Å². The Balaban J connectivity index is 2.19. The van der Waals surface area contributed by atoms with Gasteiger partial charge in [0.2, 0.25) is 5.91 Å². The van der Waals surface area contributed by atoms with Crippen molar-refractivity contribution in [3.05, 3.63) is 63.7 Å². The molecule has 4 N–H and O–H groups in total. The number of carbonyl (C=O) groups excluding carboxylic acids is 2. The van der Waals surface area contributed by atoms with Crippen molar-refractivity contribution in [3.63, 3.8) is 0 Å². The van der Waals surface area contributed by atoms with E-state index in [4.69, 9.17) is 5.73 Å². The molecule has 0 bridgehead atoms. The molecule has 0 aromatic heterocycles. The van der Waals surface area contributed by atoms with E-state index in [1.54, 1.807) is 0 Å². The van der Waals surface area contributed by atoms with Crippen LogP contribution in [0, 0.1) is 17.0 Å². The van der Waals surface area contributed by atoms with Crippen LogP contribution in [0.5, 0.6) is 0 Å². The van der Waals surface area contributed by atoms with Crippen molar-refractivity contribution in [1.82, 2.24) is 5.32 Å². The summed E-state index contributed by atoms with van der Waals surface area (Å²) in [5.74, 6) is -1.24. The van der Waals surface area contributed by atoms with E-state index in [9.17, 15) is 28.1 Å². The summed E-state index contributed by atoms with van der Waals surface area (Å²) in [6.07, 6.45) is 0. The molecule has 0 heterocycles. The largest absolute Gasteiger partial charge is 0.368 e. The summed E-state index contributed by atoms with van der Waals surface area (Å²) in [5.41, 5.74) is 5.46. The zero-order valence-corrected chi connectivity index (χ0v) is 15.8. The highest BCUT2D eigenvalue weighted by molar-refractivity contribution is 7.92. The Kier molecular flexibility index (Phi) is 5.99. The number of primary amides is 1. The Morgan fingerprint density at radius 1 is 1.14 bits per heavy atom. The molecule has 10 nitrogen and oxygen atoms in total. The van der Waals surface area contributed by atoms with Gasteiger partial charge < -0.3 is 11.1 Å².